The molecule has 2 aromatic carbocycles. The maximum atomic E-state index is 12.7. The Hall–Kier alpha value is -3.89. The highest BCUT2D eigenvalue weighted by Gasteiger charge is 2.16. The number of hydrogen-bond donors (Lipinski definition) is 1. The lowest BCUT2D eigenvalue weighted by atomic mass is 10.1. The third kappa shape index (κ3) is 4.65. The van der Waals surface area contributed by atoms with Crippen molar-refractivity contribution in [1.82, 2.24) is 4.57 Å². The van der Waals surface area contributed by atoms with Gasteiger partial charge in [-0.3, -0.25) is 14.9 Å². The van der Waals surface area contributed by atoms with Gasteiger partial charge in [0.25, 0.3) is 11.6 Å². The van der Waals surface area contributed by atoms with Crippen LogP contribution in [0.1, 0.15) is 22.5 Å². The number of aryl methyl sites for hydroxylation is 2. The van der Waals surface area contributed by atoms with Crippen LogP contribution in [0.3, 0.4) is 0 Å². The van der Waals surface area contributed by atoms with Crippen molar-refractivity contribution in [2.75, 3.05) is 5.32 Å². The van der Waals surface area contributed by atoms with E-state index < -0.39 is 10.8 Å². The number of carbonyl (C=O) groups is 1. The summed E-state index contributed by atoms with van der Waals surface area (Å²) in [6, 6.07) is 15.2. The number of amides is 1. The number of carbonyl (C=O) groups excluding carboxylic acids is 1. The molecule has 1 heterocycles. The molecule has 0 aliphatic rings. The molecule has 1 amide bonds. The Morgan fingerprint density at radius 2 is 1.94 bits per heavy atom. The van der Waals surface area contributed by atoms with Crippen LogP contribution in [-0.4, -0.2) is 15.4 Å². The monoisotopic (exact) mass is 434 g/mol. The van der Waals surface area contributed by atoms with Crippen molar-refractivity contribution in [1.29, 1.82) is 5.26 Å². The zero-order valence-corrected chi connectivity index (χ0v) is 17.9. The molecule has 0 aliphatic carbocycles. The highest BCUT2D eigenvalue weighted by molar-refractivity contribution is 6.31. The molecule has 0 fully saturated rings. The van der Waals surface area contributed by atoms with Gasteiger partial charge < -0.3 is 9.88 Å². The average Bonchev–Trinajstić information content (AvgIpc) is 3.01. The first-order valence-corrected chi connectivity index (χ1v) is 9.72. The number of nitro groups is 1. The van der Waals surface area contributed by atoms with Gasteiger partial charge in [-0.2, -0.15) is 5.26 Å². The Balaban J connectivity index is 1.97. The minimum atomic E-state index is -0.548. The SMILES string of the molecule is Cc1ccc(Cl)cc1NC(=O)/C(C#N)=C\c1cc(C)n(-c2cccc([N+](=O)[O-])c2)c1C. The first kappa shape index (κ1) is 21.8. The summed E-state index contributed by atoms with van der Waals surface area (Å²) in [7, 11) is 0. The lowest BCUT2D eigenvalue weighted by molar-refractivity contribution is -0.384. The summed E-state index contributed by atoms with van der Waals surface area (Å²) in [5.41, 5.74) is 4.11. The van der Waals surface area contributed by atoms with Crippen LogP contribution in [0.25, 0.3) is 11.8 Å². The van der Waals surface area contributed by atoms with Gasteiger partial charge in [0.05, 0.1) is 10.6 Å². The summed E-state index contributed by atoms with van der Waals surface area (Å²) in [5.74, 6) is -0.548. The average molecular weight is 435 g/mol. The minimum absolute atomic E-state index is 0.0175. The third-order valence-corrected chi connectivity index (χ3v) is 5.12. The number of nitrogens with zero attached hydrogens (tertiary/aromatic N) is 3. The van der Waals surface area contributed by atoms with E-state index >= 15 is 0 Å². The van der Waals surface area contributed by atoms with Gasteiger partial charge in [0.1, 0.15) is 11.6 Å². The quantitative estimate of drug-likeness (QED) is 0.247. The van der Waals surface area contributed by atoms with Crippen LogP contribution in [-0.2, 0) is 4.79 Å². The molecule has 3 aromatic rings. The zero-order chi connectivity index (χ0) is 22.7. The maximum absolute atomic E-state index is 12.7. The van der Waals surface area contributed by atoms with Gasteiger partial charge in [0, 0.05) is 34.2 Å². The van der Waals surface area contributed by atoms with Crippen molar-refractivity contribution in [3.8, 4) is 11.8 Å². The zero-order valence-electron chi connectivity index (χ0n) is 17.1. The van der Waals surface area contributed by atoms with Gasteiger partial charge in [-0.1, -0.05) is 23.7 Å². The number of hydrogen-bond acceptors (Lipinski definition) is 4. The molecule has 0 radical (unpaired) electrons. The fourth-order valence-electron chi connectivity index (χ4n) is 3.30. The normalized spacial score (nSPS) is 11.1. The van der Waals surface area contributed by atoms with Crippen molar-refractivity contribution in [3.05, 3.63) is 91.8 Å². The molecule has 0 unspecified atom stereocenters. The molecular formula is C23H19ClN4O3. The van der Waals surface area contributed by atoms with Gasteiger partial charge in [-0.25, -0.2) is 0 Å². The first-order valence-electron chi connectivity index (χ1n) is 9.34. The maximum Gasteiger partial charge on any atom is 0.271 e. The van der Waals surface area contributed by atoms with Crippen molar-refractivity contribution in [2.24, 2.45) is 0 Å². The lowest BCUT2D eigenvalue weighted by Gasteiger charge is -2.10. The van der Waals surface area contributed by atoms with Crippen LogP contribution < -0.4 is 5.32 Å². The largest absolute Gasteiger partial charge is 0.321 e. The van der Waals surface area contributed by atoms with E-state index in [2.05, 4.69) is 5.32 Å². The number of benzene rings is 2. The Labute approximate surface area is 184 Å². The van der Waals surface area contributed by atoms with Crippen LogP contribution in [0, 0.1) is 42.2 Å². The van der Waals surface area contributed by atoms with Crippen molar-refractivity contribution < 1.29 is 9.72 Å². The molecule has 3 rings (SSSR count). The summed E-state index contributed by atoms with van der Waals surface area (Å²) >= 11 is 6.00. The van der Waals surface area contributed by atoms with Crippen molar-refractivity contribution in [3.63, 3.8) is 0 Å². The number of anilines is 1. The fourth-order valence-corrected chi connectivity index (χ4v) is 3.47. The second kappa shape index (κ2) is 8.86. The van der Waals surface area contributed by atoms with E-state index in [4.69, 9.17) is 11.6 Å². The molecule has 0 saturated carbocycles. The molecule has 31 heavy (non-hydrogen) atoms. The molecule has 1 N–H and O–H groups in total. The van der Waals surface area contributed by atoms with E-state index in [0.717, 1.165) is 17.0 Å². The number of rotatable bonds is 5. The van der Waals surface area contributed by atoms with Gasteiger partial charge in [0.2, 0.25) is 0 Å². The summed E-state index contributed by atoms with van der Waals surface area (Å²) in [4.78, 5) is 23.3. The fraction of sp³-hybridized carbons (Fsp3) is 0.130. The summed E-state index contributed by atoms with van der Waals surface area (Å²) < 4.78 is 1.84. The number of aromatic nitrogens is 1. The molecule has 0 aliphatic heterocycles. The van der Waals surface area contributed by atoms with Crippen LogP contribution in [0.4, 0.5) is 11.4 Å². The van der Waals surface area contributed by atoms with Crippen LogP contribution in [0.5, 0.6) is 0 Å². The van der Waals surface area contributed by atoms with E-state index in [-0.39, 0.29) is 11.3 Å². The standard InChI is InChI=1S/C23H19ClN4O3/c1-14-7-8-19(24)11-22(14)26-23(29)18(13-25)10-17-9-15(2)27(16(17)3)20-5-4-6-21(12-20)28(30)31/h4-12H,1-3H3,(H,26,29)/b18-10-. The Kier molecular flexibility index (Phi) is 6.23. The predicted octanol–water partition coefficient (Wildman–Crippen LogP) is 5.51. The number of halogens is 1. The highest BCUT2D eigenvalue weighted by atomic mass is 35.5. The van der Waals surface area contributed by atoms with Gasteiger partial charge in [-0.15, -0.1) is 0 Å². The predicted molar refractivity (Wildman–Crippen MR) is 120 cm³/mol. The van der Waals surface area contributed by atoms with Gasteiger partial charge in [0.15, 0.2) is 0 Å². The number of non-ortho nitro benzene ring substituents is 1. The van der Waals surface area contributed by atoms with Crippen molar-refractivity contribution >= 4 is 35.0 Å². The topological polar surface area (TPSA) is 101 Å². The smallest absolute Gasteiger partial charge is 0.271 e. The molecular weight excluding hydrogens is 416 g/mol. The summed E-state index contributed by atoms with van der Waals surface area (Å²) in [6.45, 7) is 5.50. The Morgan fingerprint density at radius 1 is 1.19 bits per heavy atom. The number of nitrogens with one attached hydrogen (secondary N) is 1. The molecule has 0 saturated heterocycles. The number of nitriles is 1. The Morgan fingerprint density at radius 3 is 2.61 bits per heavy atom. The molecule has 156 valence electrons. The molecule has 1 aromatic heterocycles. The summed E-state index contributed by atoms with van der Waals surface area (Å²) in [5, 5.41) is 23.9. The molecule has 7 nitrogen and oxygen atoms in total. The van der Waals surface area contributed by atoms with E-state index in [1.807, 2.05) is 37.5 Å². The van der Waals surface area contributed by atoms with Crippen LogP contribution >= 0.6 is 11.6 Å². The number of nitro benzene ring substituents is 1. The lowest BCUT2D eigenvalue weighted by Crippen LogP contribution is -2.14. The second-order valence-corrected chi connectivity index (χ2v) is 7.46. The van der Waals surface area contributed by atoms with Crippen LogP contribution in [0.15, 0.2) is 54.1 Å². The van der Waals surface area contributed by atoms with Crippen LogP contribution in [0.2, 0.25) is 5.02 Å². The van der Waals surface area contributed by atoms with E-state index in [1.165, 1.54) is 18.2 Å². The molecule has 0 spiro atoms. The summed E-state index contributed by atoms with van der Waals surface area (Å²) in [6.07, 6.45) is 1.51. The second-order valence-electron chi connectivity index (χ2n) is 7.02. The van der Waals surface area contributed by atoms with E-state index in [0.29, 0.717) is 22.0 Å². The van der Waals surface area contributed by atoms with Crippen molar-refractivity contribution in [2.45, 2.75) is 20.8 Å². The minimum Gasteiger partial charge on any atom is -0.321 e. The Bertz CT molecular complexity index is 1270. The highest BCUT2D eigenvalue weighted by Crippen LogP contribution is 2.26. The molecule has 0 atom stereocenters. The van der Waals surface area contributed by atoms with E-state index in [1.54, 1.807) is 30.3 Å². The van der Waals surface area contributed by atoms with Gasteiger partial charge >= 0.3 is 0 Å². The van der Waals surface area contributed by atoms with Gasteiger partial charge in [-0.05, 0) is 62.2 Å². The molecule has 8 heteroatoms. The van der Waals surface area contributed by atoms with E-state index in [9.17, 15) is 20.2 Å². The first-order chi connectivity index (χ1) is 14.7. The molecule has 0 bridgehead atoms. The third-order valence-electron chi connectivity index (χ3n) is 4.88.